The monoisotopic (exact) mass is 547 g/mol. The summed E-state index contributed by atoms with van der Waals surface area (Å²) >= 11 is 3.60. The van der Waals surface area contributed by atoms with E-state index >= 15 is 0 Å². The van der Waals surface area contributed by atoms with Crippen molar-refractivity contribution >= 4 is 52.6 Å². The fraction of sp³-hybridized carbons (Fsp3) is 0.619. The van der Waals surface area contributed by atoms with Gasteiger partial charge in [0.2, 0.25) is 0 Å². The molecular weight excluding hydrogens is 513 g/mol. The third-order valence-corrected chi connectivity index (χ3v) is 7.49. The number of thiophene rings is 1. The van der Waals surface area contributed by atoms with Crippen molar-refractivity contribution in [2.24, 2.45) is 10.9 Å². The first kappa shape index (κ1) is 24.6. The van der Waals surface area contributed by atoms with E-state index in [-0.39, 0.29) is 29.4 Å². The number of aliphatic imine (C=N–C) groups is 1. The third kappa shape index (κ3) is 6.63. The molecule has 2 N–H and O–H groups in total. The predicted molar refractivity (Wildman–Crippen MR) is 137 cm³/mol. The Labute approximate surface area is 200 Å². The standard InChI is InChI=1S/C21H33N5S2.HI/c1-21(2,3)19-25-16(14-28-19)13-24-20(22-4)23-12-15-8-6-10-26(5)18(15)17-9-7-11-27-17;/h7,9,11,14-15,18H,6,8,10,12-13H2,1-5H3,(H2,22,23,24);1H. The Balaban J connectivity index is 0.00000300. The largest absolute Gasteiger partial charge is 0.356 e. The molecule has 0 aliphatic carbocycles. The van der Waals surface area contributed by atoms with Crippen LogP contribution >= 0.6 is 46.7 Å². The Kier molecular flexibility index (Phi) is 9.37. The Morgan fingerprint density at radius 1 is 1.31 bits per heavy atom. The van der Waals surface area contributed by atoms with Crippen LogP contribution in [0.1, 0.15) is 55.2 Å². The highest BCUT2D eigenvalue weighted by Gasteiger charge is 2.31. The Morgan fingerprint density at radius 2 is 2.10 bits per heavy atom. The number of hydrogen-bond acceptors (Lipinski definition) is 5. The molecular formula is C21H34IN5S2. The van der Waals surface area contributed by atoms with Crippen LogP contribution in [0.3, 0.4) is 0 Å². The lowest BCUT2D eigenvalue weighted by atomic mass is 9.88. The minimum absolute atomic E-state index is 0. The van der Waals surface area contributed by atoms with E-state index in [1.165, 1.54) is 29.3 Å². The van der Waals surface area contributed by atoms with Gasteiger partial charge in [0.05, 0.1) is 17.2 Å². The van der Waals surface area contributed by atoms with Gasteiger partial charge in [-0.15, -0.1) is 46.7 Å². The van der Waals surface area contributed by atoms with E-state index in [1.807, 2.05) is 18.4 Å². The number of likely N-dealkylation sites (tertiary alicyclic amines) is 1. The highest BCUT2D eigenvalue weighted by molar-refractivity contribution is 14.0. The zero-order chi connectivity index (χ0) is 20.1. The number of aromatic nitrogens is 1. The molecule has 0 radical (unpaired) electrons. The number of nitrogens with zero attached hydrogens (tertiary/aromatic N) is 3. The van der Waals surface area contributed by atoms with Crippen molar-refractivity contribution in [3.05, 3.63) is 38.5 Å². The van der Waals surface area contributed by atoms with Crippen molar-refractivity contribution in [2.45, 2.75) is 51.6 Å². The van der Waals surface area contributed by atoms with Crippen molar-refractivity contribution in [1.29, 1.82) is 0 Å². The molecule has 162 valence electrons. The van der Waals surface area contributed by atoms with Gasteiger partial charge >= 0.3 is 0 Å². The van der Waals surface area contributed by atoms with E-state index in [0.29, 0.717) is 18.5 Å². The average molecular weight is 548 g/mol. The molecule has 3 rings (SSSR count). The van der Waals surface area contributed by atoms with Crippen molar-refractivity contribution in [1.82, 2.24) is 20.5 Å². The van der Waals surface area contributed by atoms with Gasteiger partial charge < -0.3 is 10.6 Å². The van der Waals surface area contributed by atoms with Crippen molar-refractivity contribution in [2.75, 3.05) is 27.2 Å². The van der Waals surface area contributed by atoms with Gasteiger partial charge in [-0.1, -0.05) is 26.8 Å². The summed E-state index contributed by atoms with van der Waals surface area (Å²) in [5.41, 5.74) is 1.18. The molecule has 5 nitrogen and oxygen atoms in total. The summed E-state index contributed by atoms with van der Waals surface area (Å²) in [6.45, 7) is 9.41. The number of hydrogen-bond donors (Lipinski definition) is 2. The van der Waals surface area contributed by atoms with Gasteiger partial charge in [0.25, 0.3) is 0 Å². The molecule has 0 amide bonds. The molecule has 2 unspecified atom stereocenters. The molecule has 2 aromatic heterocycles. The maximum Gasteiger partial charge on any atom is 0.191 e. The number of halogens is 1. The second kappa shape index (κ2) is 11.1. The van der Waals surface area contributed by atoms with Gasteiger partial charge in [-0.25, -0.2) is 4.98 Å². The van der Waals surface area contributed by atoms with Crippen LogP contribution in [0.15, 0.2) is 27.9 Å². The summed E-state index contributed by atoms with van der Waals surface area (Å²) in [4.78, 5) is 13.1. The fourth-order valence-electron chi connectivity index (χ4n) is 3.74. The first-order valence-corrected chi connectivity index (χ1v) is 11.8. The second-order valence-corrected chi connectivity index (χ2v) is 10.4. The van der Waals surface area contributed by atoms with E-state index in [9.17, 15) is 0 Å². The van der Waals surface area contributed by atoms with Gasteiger partial charge in [-0.3, -0.25) is 9.89 Å². The molecule has 29 heavy (non-hydrogen) atoms. The van der Waals surface area contributed by atoms with Crippen molar-refractivity contribution in [3.63, 3.8) is 0 Å². The van der Waals surface area contributed by atoms with Crippen molar-refractivity contribution in [3.8, 4) is 0 Å². The zero-order valence-electron chi connectivity index (χ0n) is 18.1. The molecule has 0 bridgehead atoms. The molecule has 1 aliphatic heterocycles. The normalized spacial score (nSPS) is 20.9. The number of rotatable bonds is 5. The molecule has 0 aromatic carbocycles. The van der Waals surface area contributed by atoms with Crippen molar-refractivity contribution < 1.29 is 0 Å². The molecule has 1 fully saturated rings. The smallest absolute Gasteiger partial charge is 0.191 e. The number of piperidine rings is 1. The summed E-state index contributed by atoms with van der Waals surface area (Å²) < 4.78 is 0. The average Bonchev–Trinajstić information content (AvgIpc) is 3.33. The SMILES string of the molecule is CN=C(NCc1csc(C(C)(C)C)n1)NCC1CCCN(C)C1c1cccs1.I. The molecule has 0 saturated carbocycles. The van der Waals surface area contributed by atoms with Crippen LogP contribution < -0.4 is 10.6 Å². The van der Waals surface area contributed by atoms with Crippen LogP contribution in [0.4, 0.5) is 0 Å². The van der Waals surface area contributed by atoms with E-state index in [4.69, 9.17) is 4.98 Å². The first-order chi connectivity index (χ1) is 13.4. The highest BCUT2D eigenvalue weighted by atomic mass is 127. The van der Waals surface area contributed by atoms with Gasteiger partial charge in [0.15, 0.2) is 5.96 Å². The van der Waals surface area contributed by atoms with E-state index < -0.39 is 0 Å². The summed E-state index contributed by atoms with van der Waals surface area (Å²) in [6, 6.07) is 4.92. The Bertz CT molecular complexity index is 766. The van der Waals surface area contributed by atoms with Crippen LogP contribution in [-0.4, -0.2) is 43.0 Å². The van der Waals surface area contributed by atoms with Gasteiger partial charge in [0.1, 0.15) is 0 Å². The maximum atomic E-state index is 4.76. The number of thiazole rings is 1. The molecule has 3 heterocycles. The van der Waals surface area contributed by atoms with Gasteiger partial charge in [-0.2, -0.15) is 0 Å². The Hall–Kier alpha value is -0.710. The molecule has 1 saturated heterocycles. The van der Waals surface area contributed by atoms with E-state index in [2.05, 4.69) is 71.2 Å². The zero-order valence-corrected chi connectivity index (χ0v) is 22.0. The lowest BCUT2D eigenvalue weighted by Gasteiger charge is -2.39. The van der Waals surface area contributed by atoms with Crippen LogP contribution in [0, 0.1) is 5.92 Å². The number of nitrogens with one attached hydrogen (secondary N) is 2. The molecule has 8 heteroatoms. The topological polar surface area (TPSA) is 52.6 Å². The van der Waals surface area contributed by atoms with Crippen LogP contribution in [0.25, 0.3) is 0 Å². The summed E-state index contributed by atoms with van der Waals surface area (Å²) in [7, 11) is 4.08. The maximum absolute atomic E-state index is 4.76. The first-order valence-electron chi connectivity index (χ1n) is 10.0. The van der Waals surface area contributed by atoms with E-state index in [0.717, 1.165) is 18.2 Å². The Morgan fingerprint density at radius 3 is 2.72 bits per heavy atom. The highest BCUT2D eigenvalue weighted by Crippen LogP contribution is 2.36. The molecule has 2 atom stereocenters. The molecule has 2 aromatic rings. The second-order valence-electron chi connectivity index (χ2n) is 8.54. The van der Waals surface area contributed by atoms with Crippen LogP contribution in [0.5, 0.6) is 0 Å². The predicted octanol–water partition coefficient (Wildman–Crippen LogP) is 4.87. The quantitative estimate of drug-likeness (QED) is 0.319. The fourth-order valence-corrected chi connectivity index (χ4v) is 5.63. The van der Waals surface area contributed by atoms with Crippen LogP contribution in [-0.2, 0) is 12.0 Å². The minimum atomic E-state index is 0. The lowest BCUT2D eigenvalue weighted by Crippen LogP contribution is -2.44. The third-order valence-electron chi connectivity index (χ3n) is 5.23. The number of guanidine groups is 1. The lowest BCUT2D eigenvalue weighted by molar-refractivity contribution is 0.125. The minimum Gasteiger partial charge on any atom is -0.356 e. The summed E-state index contributed by atoms with van der Waals surface area (Å²) in [6.07, 6.45) is 2.50. The van der Waals surface area contributed by atoms with Crippen LogP contribution in [0.2, 0.25) is 0 Å². The summed E-state index contributed by atoms with van der Waals surface area (Å²) in [5.74, 6) is 1.44. The molecule has 0 spiro atoms. The summed E-state index contributed by atoms with van der Waals surface area (Å²) in [5, 5.41) is 12.5. The van der Waals surface area contributed by atoms with Gasteiger partial charge in [0, 0.05) is 35.3 Å². The van der Waals surface area contributed by atoms with Gasteiger partial charge in [-0.05, 0) is 43.8 Å². The molecule has 1 aliphatic rings. The van der Waals surface area contributed by atoms with E-state index in [1.54, 1.807) is 11.3 Å².